The first kappa shape index (κ1) is 13.8. The topological polar surface area (TPSA) is 66.6 Å². The average Bonchev–Trinajstić information content (AvgIpc) is 2.26. The molecular weight excluding hydrogens is 228 g/mol. The molecule has 0 aromatic heterocycles. The molecule has 0 spiro atoms. The van der Waals surface area contributed by atoms with Crippen LogP contribution in [0.2, 0.25) is 0 Å². The summed E-state index contributed by atoms with van der Waals surface area (Å²) >= 11 is 0. The Balaban J connectivity index is 1.69. The van der Waals surface area contributed by atoms with Gasteiger partial charge >= 0.3 is 0 Å². The average molecular weight is 254 g/mol. The maximum Gasteiger partial charge on any atom is 0.222 e. The van der Waals surface area contributed by atoms with Gasteiger partial charge in [0.25, 0.3) is 0 Å². The van der Waals surface area contributed by atoms with Crippen LogP contribution >= 0.6 is 0 Å². The number of carbonyl (C=O) groups excluding carboxylic acids is 1. The summed E-state index contributed by atoms with van der Waals surface area (Å²) in [7, 11) is 1.88. The van der Waals surface area contributed by atoms with Crippen LogP contribution in [-0.2, 0) is 4.79 Å². The van der Waals surface area contributed by atoms with Crippen LogP contribution in [0.25, 0.3) is 0 Å². The summed E-state index contributed by atoms with van der Waals surface area (Å²) in [6, 6.07) is 0.295. The summed E-state index contributed by atoms with van der Waals surface area (Å²) in [6.45, 7) is 0.800. The zero-order chi connectivity index (χ0) is 13.1. The van der Waals surface area contributed by atoms with Crippen molar-refractivity contribution in [3.05, 3.63) is 0 Å². The standard InChI is InChI=1S/C14H26N2O2/c1-16(9-11-6-13(17)7-11)14(18)8-10-3-2-4-12(15)5-10/h10-13,17H,2-9,15H2,1H3. The number of carbonyl (C=O) groups is 1. The molecule has 2 unspecified atom stereocenters. The van der Waals surface area contributed by atoms with Crippen molar-refractivity contribution in [2.75, 3.05) is 13.6 Å². The molecule has 2 rings (SSSR count). The van der Waals surface area contributed by atoms with Crippen molar-refractivity contribution in [3.63, 3.8) is 0 Å². The van der Waals surface area contributed by atoms with Gasteiger partial charge in [-0.05, 0) is 43.9 Å². The number of amides is 1. The maximum absolute atomic E-state index is 12.1. The van der Waals surface area contributed by atoms with Crippen LogP contribution in [0.1, 0.15) is 44.9 Å². The summed E-state index contributed by atoms with van der Waals surface area (Å²) in [6.07, 6.45) is 6.65. The Morgan fingerprint density at radius 3 is 2.61 bits per heavy atom. The first-order chi connectivity index (χ1) is 8.54. The van der Waals surface area contributed by atoms with Gasteiger partial charge in [-0.25, -0.2) is 0 Å². The number of rotatable bonds is 4. The van der Waals surface area contributed by atoms with Gasteiger partial charge in [-0.1, -0.05) is 6.42 Å². The van der Waals surface area contributed by atoms with Gasteiger partial charge in [0, 0.05) is 26.1 Å². The second kappa shape index (κ2) is 6.02. The maximum atomic E-state index is 12.1. The third-order valence-corrected chi connectivity index (χ3v) is 4.46. The smallest absolute Gasteiger partial charge is 0.222 e. The minimum atomic E-state index is -0.130. The molecule has 2 atom stereocenters. The first-order valence-electron chi connectivity index (χ1n) is 7.22. The molecule has 0 saturated heterocycles. The van der Waals surface area contributed by atoms with Crippen molar-refractivity contribution < 1.29 is 9.90 Å². The summed E-state index contributed by atoms with van der Waals surface area (Å²) in [5.74, 6) is 1.23. The molecular formula is C14H26N2O2. The highest BCUT2D eigenvalue weighted by Gasteiger charge is 2.30. The van der Waals surface area contributed by atoms with E-state index in [0.717, 1.165) is 45.1 Å². The van der Waals surface area contributed by atoms with E-state index in [1.807, 2.05) is 11.9 Å². The normalized spacial score (nSPS) is 35.9. The van der Waals surface area contributed by atoms with Crippen LogP contribution in [0.15, 0.2) is 0 Å². The van der Waals surface area contributed by atoms with E-state index in [-0.39, 0.29) is 12.0 Å². The van der Waals surface area contributed by atoms with E-state index in [1.54, 1.807) is 0 Å². The lowest BCUT2D eigenvalue weighted by Gasteiger charge is -2.35. The predicted octanol–water partition coefficient (Wildman–Crippen LogP) is 1.12. The number of aliphatic hydroxyl groups excluding tert-OH is 1. The molecule has 4 nitrogen and oxygen atoms in total. The van der Waals surface area contributed by atoms with Gasteiger partial charge in [0.2, 0.25) is 5.91 Å². The van der Waals surface area contributed by atoms with Crippen molar-refractivity contribution in [2.24, 2.45) is 17.6 Å². The zero-order valence-electron chi connectivity index (χ0n) is 11.3. The van der Waals surface area contributed by atoms with E-state index in [2.05, 4.69) is 0 Å². The first-order valence-corrected chi connectivity index (χ1v) is 7.22. The Morgan fingerprint density at radius 1 is 1.28 bits per heavy atom. The second-order valence-corrected chi connectivity index (χ2v) is 6.26. The lowest BCUT2D eigenvalue weighted by molar-refractivity contribution is -0.132. The van der Waals surface area contributed by atoms with Crippen LogP contribution in [0.5, 0.6) is 0 Å². The second-order valence-electron chi connectivity index (χ2n) is 6.26. The minimum absolute atomic E-state index is 0.130. The molecule has 0 radical (unpaired) electrons. The van der Waals surface area contributed by atoms with Crippen molar-refractivity contribution in [3.8, 4) is 0 Å². The quantitative estimate of drug-likeness (QED) is 0.790. The molecule has 2 aliphatic rings. The van der Waals surface area contributed by atoms with Gasteiger partial charge in [0.05, 0.1) is 6.10 Å². The van der Waals surface area contributed by atoms with Gasteiger partial charge in [-0.15, -0.1) is 0 Å². The Kier molecular flexibility index (Phi) is 4.62. The minimum Gasteiger partial charge on any atom is -0.393 e. The summed E-state index contributed by atoms with van der Waals surface area (Å²) in [5, 5.41) is 9.24. The molecule has 0 aliphatic heterocycles. The van der Waals surface area contributed by atoms with E-state index >= 15 is 0 Å². The van der Waals surface area contributed by atoms with E-state index < -0.39 is 0 Å². The fraction of sp³-hybridized carbons (Fsp3) is 0.929. The van der Waals surface area contributed by atoms with Gasteiger partial charge in [-0.2, -0.15) is 0 Å². The van der Waals surface area contributed by atoms with E-state index in [0.29, 0.717) is 24.3 Å². The fourth-order valence-electron chi connectivity index (χ4n) is 3.26. The Labute approximate surface area is 110 Å². The van der Waals surface area contributed by atoms with E-state index in [4.69, 9.17) is 5.73 Å². The third-order valence-electron chi connectivity index (χ3n) is 4.46. The highest BCUT2D eigenvalue weighted by atomic mass is 16.3. The molecule has 2 aliphatic carbocycles. The van der Waals surface area contributed by atoms with Crippen LogP contribution in [0, 0.1) is 11.8 Å². The zero-order valence-corrected chi connectivity index (χ0v) is 11.3. The summed E-state index contributed by atoms with van der Waals surface area (Å²) in [4.78, 5) is 13.9. The molecule has 0 aromatic carbocycles. The fourth-order valence-corrected chi connectivity index (χ4v) is 3.26. The molecule has 0 bridgehead atoms. The summed E-state index contributed by atoms with van der Waals surface area (Å²) in [5.41, 5.74) is 5.95. The van der Waals surface area contributed by atoms with Crippen LogP contribution < -0.4 is 5.73 Å². The van der Waals surface area contributed by atoms with Crippen LogP contribution in [-0.4, -0.2) is 41.7 Å². The lowest BCUT2D eigenvalue weighted by Crippen LogP contribution is -2.40. The van der Waals surface area contributed by atoms with Crippen molar-refractivity contribution >= 4 is 5.91 Å². The molecule has 1 amide bonds. The Hall–Kier alpha value is -0.610. The van der Waals surface area contributed by atoms with Gasteiger partial charge < -0.3 is 15.7 Å². The molecule has 0 heterocycles. The van der Waals surface area contributed by atoms with Gasteiger partial charge in [0.1, 0.15) is 0 Å². The van der Waals surface area contributed by atoms with Crippen LogP contribution in [0.4, 0.5) is 0 Å². The lowest BCUT2D eigenvalue weighted by atomic mass is 9.81. The number of aliphatic hydroxyl groups is 1. The molecule has 2 fully saturated rings. The number of hydrogen-bond acceptors (Lipinski definition) is 3. The van der Waals surface area contributed by atoms with Crippen molar-refractivity contribution in [2.45, 2.75) is 57.1 Å². The number of hydrogen-bond donors (Lipinski definition) is 2. The number of nitrogens with zero attached hydrogens (tertiary/aromatic N) is 1. The van der Waals surface area contributed by atoms with Crippen LogP contribution in [0.3, 0.4) is 0 Å². The summed E-state index contributed by atoms with van der Waals surface area (Å²) < 4.78 is 0. The van der Waals surface area contributed by atoms with Gasteiger partial charge in [0.15, 0.2) is 0 Å². The predicted molar refractivity (Wildman–Crippen MR) is 70.9 cm³/mol. The Morgan fingerprint density at radius 2 is 2.00 bits per heavy atom. The third kappa shape index (κ3) is 3.69. The molecule has 4 heteroatoms. The SMILES string of the molecule is CN(CC1CC(O)C1)C(=O)CC1CCCC(N)C1. The molecule has 18 heavy (non-hydrogen) atoms. The molecule has 2 saturated carbocycles. The molecule has 0 aromatic rings. The highest BCUT2D eigenvalue weighted by Crippen LogP contribution is 2.29. The Bertz CT molecular complexity index is 290. The van der Waals surface area contributed by atoms with Crippen molar-refractivity contribution in [1.82, 2.24) is 4.90 Å². The van der Waals surface area contributed by atoms with E-state index in [9.17, 15) is 9.90 Å². The highest BCUT2D eigenvalue weighted by molar-refractivity contribution is 5.76. The van der Waals surface area contributed by atoms with Crippen molar-refractivity contribution in [1.29, 1.82) is 0 Å². The molecule has 104 valence electrons. The van der Waals surface area contributed by atoms with E-state index in [1.165, 1.54) is 0 Å². The monoisotopic (exact) mass is 254 g/mol. The largest absolute Gasteiger partial charge is 0.393 e. The molecule has 3 N–H and O–H groups in total. The van der Waals surface area contributed by atoms with Gasteiger partial charge in [-0.3, -0.25) is 4.79 Å². The number of nitrogens with two attached hydrogens (primary N) is 1.